The van der Waals surface area contributed by atoms with E-state index in [1.54, 1.807) is 30.3 Å². The lowest BCUT2D eigenvalue weighted by Gasteiger charge is -2.13. The van der Waals surface area contributed by atoms with E-state index in [0.29, 0.717) is 5.75 Å². The Morgan fingerprint density at radius 3 is 2.30 bits per heavy atom. The number of aromatic nitrogens is 1. The predicted molar refractivity (Wildman–Crippen MR) is 119 cm³/mol. The normalized spacial score (nSPS) is 11.5. The molecule has 1 heterocycles. The standard InChI is InChI=1S/C26H22FNO2/c1-18(2)28-23-11-7-6-10-22(23)26(19-12-14-20(27)15-13-19)24(28)16-17-25(29)30-21-8-4-3-5-9-21/h3-18H,1-2H3/b17-16+. The molecule has 0 aliphatic rings. The van der Waals surface area contributed by atoms with Gasteiger partial charge in [0.25, 0.3) is 0 Å². The van der Waals surface area contributed by atoms with E-state index in [9.17, 15) is 9.18 Å². The molecule has 4 rings (SSSR count). The number of rotatable bonds is 5. The zero-order chi connectivity index (χ0) is 21.1. The number of esters is 1. The van der Waals surface area contributed by atoms with Gasteiger partial charge in [-0.2, -0.15) is 0 Å². The molecule has 0 aliphatic heterocycles. The van der Waals surface area contributed by atoms with Gasteiger partial charge in [-0.25, -0.2) is 9.18 Å². The Kier molecular flexibility index (Phi) is 5.48. The molecule has 0 radical (unpaired) electrons. The molecule has 0 bridgehead atoms. The van der Waals surface area contributed by atoms with Gasteiger partial charge in [-0.05, 0) is 55.8 Å². The van der Waals surface area contributed by atoms with Gasteiger partial charge in [0.1, 0.15) is 11.6 Å². The SMILES string of the molecule is CC(C)n1c(/C=C/C(=O)Oc2ccccc2)c(-c2ccc(F)cc2)c2ccccc21. The molecule has 4 heteroatoms. The third kappa shape index (κ3) is 3.90. The molecule has 0 unspecified atom stereocenters. The van der Waals surface area contributed by atoms with Crippen LogP contribution in [0.4, 0.5) is 4.39 Å². The highest BCUT2D eigenvalue weighted by Gasteiger charge is 2.18. The molecule has 0 fully saturated rings. The van der Waals surface area contributed by atoms with Gasteiger partial charge < -0.3 is 9.30 Å². The molecule has 4 aromatic rings. The van der Waals surface area contributed by atoms with Crippen LogP contribution in [-0.4, -0.2) is 10.5 Å². The molecule has 0 aliphatic carbocycles. The summed E-state index contributed by atoms with van der Waals surface area (Å²) in [6, 6.07) is 23.6. The summed E-state index contributed by atoms with van der Waals surface area (Å²) in [4.78, 5) is 12.4. The second kappa shape index (κ2) is 8.37. The van der Waals surface area contributed by atoms with Crippen molar-refractivity contribution in [2.45, 2.75) is 19.9 Å². The zero-order valence-corrected chi connectivity index (χ0v) is 16.9. The molecule has 0 amide bonds. The fourth-order valence-electron chi connectivity index (χ4n) is 3.71. The van der Waals surface area contributed by atoms with Crippen LogP contribution in [0.25, 0.3) is 28.1 Å². The molecule has 0 atom stereocenters. The van der Waals surface area contributed by atoms with Gasteiger partial charge in [-0.3, -0.25) is 0 Å². The van der Waals surface area contributed by atoms with Gasteiger partial charge in [0.15, 0.2) is 0 Å². The number of benzene rings is 3. The van der Waals surface area contributed by atoms with Crippen molar-refractivity contribution in [1.29, 1.82) is 0 Å². The van der Waals surface area contributed by atoms with Crippen LogP contribution in [0.2, 0.25) is 0 Å². The minimum absolute atomic E-state index is 0.161. The Balaban J connectivity index is 1.83. The molecular formula is C26H22FNO2. The number of nitrogens with zero attached hydrogens (tertiary/aromatic N) is 1. The van der Waals surface area contributed by atoms with Crippen molar-refractivity contribution in [3.63, 3.8) is 0 Å². The topological polar surface area (TPSA) is 31.2 Å². The summed E-state index contributed by atoms with van der Waals surface area (Å²) in [6.45, 7) is 4.20. The number of para-hydroxylation sites is 2. The predicted octanol–water partition coefficient (Wildman–Crippen LogP) is 6.65. The number of carbonyl (C=O) groups excluding carboxylic acids is 1. The number of carbonyl (C=O) groups is 1. The highest BCUT2D eigenvalue weighted by molar-refractivity contribution is 6.02. The van der Waals surface area contributed by atoms with Gasteiger partial charge in [0.05, 0.1) is 5.69 Å². The van der Waals surface area contributed by atoms with E-state index in [1.807, 2.05) is 36.4 Å². The lowest BCUT2D eigenvalue weighted by molar-refractivity contribution is -0.128. The van der Waals surface area contributed by atoms with Crippen LogP contribution < -0.4 is 4.74 Å². The lowest BCUT2D eigenvalue weighted by atomic mass is 10.0. The summed E-state index contributed by atoms with van der Waals surface area (Å²) in [6.07, 6.45) is 3.22. The summed E-state index contributed by atoms with van der Waals surface area (Å²) in [7, 11) is 0. The third-order valence-corrected chi connectivity index (χ3v) is 4.94. The average Bonchev–Trinajstić information content (AvgIpc) is 3.08. The van der Waals surface area contributed by atoms with Gasteiger partial charge in [-0.1, -0.05) is 48.5 Å². The Bertz CT molecular complexity index is 1210. The van der Waals surface area contributed by atoms with Crippen LogP contribution in [0.5, 0.6) is 5.75 Å². The zero-order valence-electron chi connectivity index (χ0n) is 16.9. The van der Waals surface area contributed by atoms with Crippen molar-refractivity contribution in [3.05, 3.63) is 96.4 Å². The third-order valence-electron chi connectivity index (χ3n) is 4.94. The van der Waals surface area contributed by atoms with Crippen molar-refractivity contribution in [3.8, 4) is 16.9 Å². The first-order valence-corrected chi connectivity index (χ1v) is 9.88. The van der Waals surface area contributed by atoms with E-state index >= 15 is 0 Å². The molecule has 150 valence electrons. The number of ether oxygens (including phenoxy) is 1. The highest BCUT2D eigenvalue weighted by Crippen LogP contribution is 2.37. The van der Waals surface area contributed by atoms with Crippen molar-refractivity contribution >= 4 is 22.9 Å². The van der Waals surface area contributed by atoms with E-state index in [-0.39, 0.29) is 11.9 Å². The highest BCUT2D eigenvalue weighted by atomic mass is 19.1. The maximum atomic E-state index is 13.5. The van der Waals surface area contributed by atoms with Gasteiger partial charge in [-0.15, -0.1) is 0 Å². The number of halogens is 1. The van der Waals surface area contributed by atoms with Gasteiger partial charge in [0.2, 0.25) is 0 Å². The number of hydrogen-bond acceptors (Lipinski definition) is 2. The monoisotopic (exact) mass is 399 g/mol. The lowest BCUT2D eigenvalue weighted by Crippen LogP contribution is -2.06. The quantitative estimate of drug-likeness (QED) is 0.214. The second-order valence-corrected chi connectivity index (χ2v) is 7.32. The molecule has 3 aromatic carbocycles. The van der Waals surface area contributed by atoms with E-state index in [1.165, 1.54) is 18.2 Å². The second-order valence-electron chi connectivity index (χ2n) is 7.32. The first kappa shape index (κ1) is 19.6. The summed E-state index contributed by atoms with van der Waals surface area (Å²) >= 11 is 0. The van der Waals surface area contributed by atoms with E-state index in [0.717, 1.165) is 27.7 Å². The fourth-order valence-corrected chi connectivity index (χ4v) is 3.71. The summed E-state index contributed by atoms with van der Waals surface area (Å²) in [5.41, 5.74) is 3.79. The number of fused-ring (bicyclic) bond motifs is 1. The first-order valence-electron chi connectivity index (χ1n) is 9.88. The molecule has 0 saturated heterocycles. The van der Waals surface area contributed by atoms with Crippen molar-refractivity contribution in [2.75, 3.05) is 0 Å². The van der Waals surface area contributed by atoms with Crippen LogP contribution in [0.15, 0.2) is 84.9 Å². The molecule has 1 aromatic heterocycles. The van der Waals surface area contributed by atoms with E-state index < -0.39 is 5.97 Å². The average molecular weight is 399 g/mol. The maximum absolute atomic E-state index is 13.5. The smallest absolute Gasteiger partial charge is 0.336 e. The largest absolute Gasteiger partial charge is 0.423 e. The molecule has 0 saturated carbocycles. The van der Waals surface area contributed by atoms with Crippen molar-refractivity contribution in [1.82, 2.24) is 4.57 Å². The van der Waals surface area contributed by atoms with Crippen LogP contribution in [0, 0.1) is 5.82 Å². The van der Waals surface area contributed by atoms with Crippen LogP contribution in [0.1, 0.15) is 25.6 Å². The fraction of sp³-hybridized carbons (Fsp3) is 0.115. The number of hydrogen-bond donors (Lipinski definition) is 0. The van der Waals surface area contributed by atoms with Gasteiger partial charge >= 0.3 is 5.97 Å². The van der Waals surface area contributed by atoms with Crippen LogP contribution >= 0.6 is 0 Å². The Morgan fingerprint density at radius 2 is 1.60 bits per heavy atom. The van der Waals surface area contributed by atoms with E-state index in [4.69, 9.17) is 4.74 Å². The van der Waals surface area contributed by atoms with Crippen molar-refractivity contribution in [2.24, 2.45) is 0 Å². The maximum Gasteiger partial charge on any atom is 0.336 e. The van der Waals surface area contributed by atoms with Crippen LogP contribution in [-0.2, 0) is 4.79 Å². The molecular weight excluding hydrogens is 377 g/mol. The minimum atomic E-state index is -0.452. The Hall–Kier alpha value is -3.66. The molecule has 30 heavy (non-hydrogen) atoms. The minimum Gasteiger partial charge on any atom is -0.423 e. The Morgan fingerprint density at radius 1 is 0.933 bits per heavy atom. The Labute approximate surface area is 175 Å². The van der Waals surface area contributed by atoms with Crippen molar-refractivity contribution < 1.29 is 13.9 Å². The van der Waals surface area contributed by atoms with Gasteiger partial charge in [0, 0.05) is 28.6 Å². The molecule has 0 spiro atoms. The molecule has 3 nitrogen and oxygen atoms in total. The van der Waals surface area contributed by atoms with Crippen LogP contribution in [0.3, 0.4) is 0 Å². The summed E-state index contributed by atoms with van der Waals surface area (Å²) < 4.78 is 21.1. The summed E-state index contributed by atoms with van der Waals surface area (Å²) in [5, 5.41) is 1.05. The van der Waals surface area contributed by atoms with E-state index in [2.05, 4.69) is 24.5 Å². The summed E-state index contributed by atoms with van der Waals surface area (Å²) in [5.74, 6) is -0.239. The first-order chi connectivity index (χ1) is 14.5. The molecule has 0 N–H and O–H groups in total.